The van der Waals surface area contributed by atoms with E-state index in [4.69, 9.17) is 9.47 Å². The summed E-state index contributed by atoms with van der Waals surface area (Å²) in [6.45, 7) is 0. The number of aliphatic hydroxyl groups is 1. The highest BCUT2D eigenvalue weighted by Crippen LogP contribution is 2.34. The van der Waals surface area contributed by atoms with Crippen LogP contribution in [0.5, 0.6) is 11.5 Å². The Morgan fingerprint density at radius 3 is 2.45 bits per heavy atom. The number of aliphatic hydroxyl groups excluding tert-OH is 1. The minimum Gasteiger partial charge on any atom is -0.497 e. The van der Waals surface area contributed by atoms with Crippen LogP contribution in [-0.2, 0) is 0 Å². The van der Waals surface area contributed by atoms with Crippen molar-refractivity contribution in [1.29, 1.82) is 0 Å². The average molecular weight is 341 g/mol. The monoisotopic (exact) mass is 340 g/mol. The molecule has 0 bridgehead atoms. The van der Waals surface area contributed by atoms with Crippen molar-refractivity contribution in [2.45, 2.75) is 6.10 Å². The summed E-state index contributed by atoms with van der Waals surface area (Å²) in [6.07, 6.45) is -0.983. The van der Waals surface area contributed by atoms with Gasteiger partial charge in [0.15, 0.2) is 0 Å². The summed E-state index contributed by atoms with van der Waals surface area (Å²) in [6, 6.07) is 9.38. The van der Waals surface area contributed by atoms with Crippen LogP contribution >= 0.6 is 15.9 Å². The van der Waals surface area contributed by atoms with Gasteiger partial charge in [0.1, 0.15) is 23.4 Å². The molecule has 0 radical (unpaired) electrons. The van der Waals surface area contributed by atoms with Crippen LogP contribution in [0.15, 0.2) is 40.9 Å². The molecular weight excluding hydrogens is 327 g/mol. The second kappa shape index (κ2) is 6.24. The van der Waals surface area contributed by atoms with Crippen molar-refractivity contribution in [2.24, 2.45) is 0 Å². The van der Waals surface area contributed by atoms with E-state index < -0.39 is 11.9 Å². The second-order valence-electron chi connectivity index (χ2n) is 4.21. The summed E-state index contributed by atoms with van der Waals surface area (Å²) in [5.41, 5.74) is 0.992. The fourth-order valence-corrected chi connectivity index (χ4v) is 2.44. The Morgan fingerprint density at radius 1 is 1.10 bits per heavy atom. The largest absolute Gasteiger partial charge is 0.497 e. The van der Waals surface area contributed by atoms with E-state index in [0.717, 1.165) is 0 Å². The highest BCUT2D eigenvalue weighted by Gasteiger charge is 2.17. The molecule has 1 atom stereocenters. The van der Waals surface area contributed by atoms with Gasteiger partial charge in [-0.15, -0.1) is 0 Å². The zero-order valence-corrected chi connectivity index (χ0v) is 12.6. The van der Waals surface area contributed by atoms with E-state index in [2.05, 4.69) is 15.9 Å². The lowest BCUT2D eigenvalue weighted by atomic mass is 10.0. The van der Waals surface area contributed by atoms with Gasteiger partial charge in [-0.3, -0.25) is 0 Å². The summed E-state index contributed by atoms with van der Waals surface area (Å²) < 4.78 is 24.3. The van der Waals surface area contributed by atoms with Gasteiger partial charge in [0.05, 0.1) is 14.2 Å². The first-order valence-electron chi connectivity index (χ1n) is 5.91. The lowest BCUT2D eigenvalue weighted by Crippen LogP contribution is -2.03. The molecule has 0 saturated heterocycles. The first kappa shape index (κ1) is 14.8. The van der Waals surface area contributed by atoms with Gasteiger partial charge in [-0.25, -0.2) is 4.39 Å². The normalized spacial score (nSPS) is 12.1. The number of methoxy groups -OCH3 is 2. The molecule has 106 valence electrons. The molecule has 2 aromatic rings. The SMILES string of the molecule is COc1ccc(C(O)c2cc(F)cc(Br)c2)c(OC)c1. The lowest BCUT2D eigenvalue weighted by molar-refractivity contribution is 0.214. The van der Waals surface area contributed by atoms with E-state index in [1.54, 1.807) is 31.4 Å². The zero-order valence-electron chi connectivity index (χ0n) is 11.1. The average Bonchev–Trinajstić information content (AvgIpc) is 2.44. The summed E-state index contributed by atoms with van der Waals surface area (Å²) in [4.78, 5) is 0. The van der Waals surface area contributed by atoms with Crippen molar-refractivity contribution in [2.75, 3.05) is 14.2 Å². The Labute approximate surface area is 125 Å². The Balaban J connectivity index is 2.44. The molecule has 5 heteroatoms. The van der Waals surface area contributed by atoms with Crippen molar-refractivity contribution in [3.8, 4) is 11.5 Å². The minimum absolute atomic E-state index is 0.416. The summed E-state index contributed by atoms with van der Waals surface area (Å²) in [7, 11) is 3.06. The topological polar surface area (TPSA) is 38.7 Å². The fourth-order valence-electron chi connectivity index (χ4n) is 1.96. The number of hydrogen-bond donors (Lipinski definition) is 1. The Morgan fingerprint density at radius 2 is 1.85 bits per heavy atom. The molecule has 0 aliphatic carbocycles. The number of hydrogen-bond acceptors (Lipinski definition) is 3. The zero-order chi connectivity index (χ0) is 14.7. The molecular formula is C15H14BrFO3. The van der Waals surface area contributed by atoms with Crippen molar-refractivity contribution >= 4 is 15.9 Å². The summed E-state index contributed by atoms with van der Waals surface area (Å²) in [5, 5.41) is 10.4. The van der Waals surface area contributed by atoms with Crippen LogP contribution in [0, 0.1) is 5.82 Å². The van der Waals surface area contributed by atoms with E-state index in [1.807, 2.05) is 0 Å². The third-order valence-electron chi connectivity index (χ3n) is 2.94. The molecule has 0 heterocycles. The molecule has 1 unspecified atom stereocenters. The van der Waals surface area contributed by atoms with Crippen LogP contribution in [0.2, 0.25) is 0 Å². The number of benzene rings is 2. The predicted octanol–water partition coefficient (Wildman–Crippen LogP) is 3.69. The summed E-state index contributed by atoms with van der Waals surface area (Å²) >= 11 is 3.21. The van der Waals surface area contributed by atoms with E-state index >= 15 is 0 Å². The van der Waals surface area contributed by atoms with Crippen molar-refractivity contribution in [3.05, 3.63) is 57.8 Å². The molecule has 0 saturated carbocycles. The third kappa shape index (κ3) is 3.11. The molecule has 0 amide bonds. The predicted molar refractivity (Wildman–Crippen MR) is 77.7 cm³/mol. The first-order valence-corrected chi connectivity index (χ1v) is 6.70. The molecule has 2 rings (SSSR count). The van der Waals surface area contributed by atoms with Gasteiger partial charge in [0.25, 0.3) is 0 Å². The van der Waals surface area contributed by atoms with Gasteiger partial charge in [-0.2, -0.15) is 0 Å². The maximum atomic E-state index is 13.4. The standard InChI is InChI=1S/C15H14BrFO3/c1-19-12-3-4-13(14(8-12)20-2)15(18)9-5-10(16)7-11(17)6-9/h3-8,15,18H,1-2H3. The highest BCUT2D eigenvalue weighted by atomic mass is 79.9. The van der Waals surface area contributed by atoms with Crippen LogP contribution in [-0.4, -0.2) is 19.3 Å². The molecule has 20 heavy (non-hydrogen) atoms. The van der Waals surface area contributed by atoms with Gasteiger partial charge in [-0.05, 0) is 35.9 Å². The van der Waals surface area contributed by atoms with Crippen molar-refractivity contribution < 1.29 is 19.0 Å². The third-order valence-corrected chi connectivity index (χ3v) is 3.39. The van der Waals surface area contributed by atoms with Crippen LogP contribution in [0.25, 0.3) is 0 Å². The van der Waals surface area contributed by atoms with Gasteiger partial charge < -0.3 is 14.6 Å². The smallest absolute Gasteiger partial charge is 0.128 e. The van der Waals surface area contributed by atoms with Crippen LogP contribution in [0.4, 0.5) is 4.39 Å². The molecule has 0 fully saturated rings. The van der Waals surface area contributed by atoms with E-state index in [1.165, 1.54) is 19.2 Å². The second-order valence-corrected chi connectivity index (χ2v) is 5.13. The Hall–Kier alpha value is -1.59. The minimum atomic E-state index is -0.983. The van der Waals surface area contributed by atoms with Crippen LogP contribution in [0.3, 0.4) is 0 Å². The quantitative estimate of drug-likeness (QED) is 0.922. The molecule has 0 aromatic heterocycles. The molecule has 0 aliphatic heterocycles. The molecule has 3 nitrogen and oxygen atoms in total. The highest BCUT2D eigenvalue weighted by molar-refractivity contribution is 9.10. The molecule has 0 aliphatic rings. The number of rotatable bonds is 4. The van der Waals surface area contributed by atoms with Gasteiger partial charge in [0.2, 0.25) is 0 Å². The van der Waals surface area contributed by atoms with Crippen molar-refractivity contribution in [3.63, 3.8) is 0 Å². The van der Waals surface area contributed by atoms with Gasteiger partial charge >= 0.3 is 0 Å². The Kier molecular flexibility index (Phi) is 4.62. The number of ether oxygens (including phenoxy) is 2. The number of halogens is 2. The van der Waals surface area contributed by atoms with Gasteiger partial charge in [-0.1, -0.05) is 15.9 Å². The molecule has 2 aromatic carbocycles. The maximum Gasteiger partial charge on any atom is 0.128 e. The van der Waals surface area contributed by atoms with Gasteiger partial charge in [0, 0.05) is 16.1 Å². The van der Waals surface area contributed by atoms with Crippen LogP contribution in [0.1, 0.15) is 17.2 Å². The van der Waals surface area contributed by atoms with E-state index in [9.17, 15) is 9.50 Å². The van der Waals surface area contributed by atoms with Crippen molar-refractivity contribution in [1.82, 2.24) is 0 Å². The van der Waals surface area contributed by atoms with E-state index in [0.29, 0.717) is 27.1 Å². The molecule has 1 N–H and O–H groups in total. The first-order chi connectivity index (χ1) is 9.55. The Bertz CT molecular complexity index is 596. The van der Waals surface area contributed by atoms with Crippen LogP contribution < -0.4 is 9.47 Å². The van der Waals surface area contributed by atoms with E-state index in [-0.39, 0.29) is 0 Å². The maximum absolute atomic E-state index is 13.4. The lowest BCUT2D eigenvalue weighted by Gasteiger charge is -2.16. The fraction of sp³-hybridized carbons (Fsp3) is 0.200. The summed E-state index contributed by atoms with van der Waals surface area (Å²) in [5.74, 6) is 0.691. The molecule has 0 spiro atoms.